The molecule has 0 atom stereocenters. The standard InChI is InChI=1S/C40H42N5O2P/c1-2-47-40(46)38-29-45(43-42-38)28-34-27-44-26-33(31-18-19-31)25-32(39(44)41-34)24-30-20-22-48(23-21-30,35-12-6-3-7-13-35,36-14-8-4-9-15-36)37-16-10-5-11-17-37/h3-17,25-27,29-31H,2,18-24,28H2,1H3. The first-order valence-electron chi connectivity index (χ1n) is 17.3. The summed E-state index contributed by atoms with van der Waals surface area (Å²) in [6.07, 6.45) is 14.2. The normalized spacial score (nSPS) is 19.4. The van der Waals surface area contributed by atoms with Crippen LogP contribution in [-0.4, -0.2) is 49.3 Å². The third kappa shape index (κ3) is 5.35. The van der Waals surface area contributed by atoms with E-state index in [4.69, 9.17) is 9.72 Å². The second-order valence-corrected chi connectivity index (χ2v) is 19.1. The molecule has 4 heterocycles. The molecule has 8 heteroatoms. The summed E-state index contributed by atoms with van der Waals surface area (Å²) in [5, 5.41) is 12.7. The van der Waals surface area contributed by atoms with Gasteiger partial charge in [0.1, 0.15) is 0 Å². The van der Waals surface area contributed by atoms with Gasteiger partial charge in [-0.15, -0.1) is 0 Å². The first kappa shape index (κ1) is 30.7. The van der Waals surface area contributed by atoms with E-state index >= 15 is 0 Å². The second kappa shape index (κ2) is 12.4. The maximum atomic E-state index is 12.1. The number of hydrogen-bond acceptors (Lipinski definition) is 5. The van der Waals surface area contributed by atoms with Gasteiger partial charge in [-0.25, -0.2) is 4.79 Å². The van der Waals surface area contributed by atoms with Gasteiger partial charge < -0.3 is 4.74 Å². The molecule has 2 aliphatic rings. The summed E-state index contributed by atoms with van der Waals surface area (Å²) < 4.78 is 8.98. The van der Waals surface area contributed by atoms with Gasteiger partial charge in [0.15, 0.2) is 0 Å². The van der Waals surface area contributed by atoms with Gasteiger partial charge in [-0.3, -0.25) is 0 Å². The molecular formula is C40H42N5O2P. The summed E-state index contributed by atoms with van der Waals surface area (Å²) in [5.41, 5.74) is 4.89. The SMILES string of the molecule is CCOC(=O)c1cn(Cc2cn3cc(C4CC4)cc(CC4CCP(c5ccccc5)(c5ccccc5)(c5ccccc5)CC4)c3n2)nn1. The van der Waals surface area contributed by atoms with Crippen LogP contribution in [0.15, 0.2) is 116 Å². The molecule has 2 fully saturated rings. The monoisotopic (exact) mass is 655 g/mol. The fourth-order valence-electron chi connectivity index (χ4n) is 8.24. The van der Waals surface area contributed by atoms with Crippen molar-refractivity contribution >= 4 is 34.1 Å². The van der Waals surface area contributed by atoms with Gasteiger partial charge in [-0.2, -0.15) is 0 Å². The number of nitrogens with zero attached hydrogens (tertiary/aromatic N) is 5. The van der Waals surface area contributed by atoms with E-state index in [0.29, 0.717) is 25.0 Å². The average Bonchev–Trinajstić information content (AvgIpc) is 3.75. The van der Waals surface area contributed by atoms with E-state index in [2.05, 4.69) is 124 Å². The van der Waals surface area contributed by atoms with Gasteiger partial charge in [0.2, 0.25) is 0 Å². The molecule has 0 bridgehead atoms. The molecule has 244 valence electrons. The summed E-state index contributed by atoms with van der Waals surface area (Å²) in [4.78, 5) is 17.3. The van der Waals surface area contributed by atoms with Gasteiger partial charge in [0.25, 0.3) is 0 Å². The third-order valence-corrected chi connectivity index (χ3v) is 17.9. The number of carbonyl (C=O) groups is 1. The van der Waals surface area contributed by atoms with E-state index < -0.39 is 12.6 Å². The minimum absolute atomic E-state index is 0.216. The fraction of sp³-hybridized carbons (Fsp3) is 0.300. The number of ether oxygens (including phenoxy) is 1. The Labute approximate surface area is 281 Å². The van der Waals surface area contributed by atoms with Crippen LogP contribution in [0.3, 0.4) is 0 Å². The Hall–Kier alpha value is -4.61. The van der Waals surface area contributed by atoms with Crippen molar-refractivity contribution in [3.8, 4) is 0 Å². The van der Waals surface area contributed by atoms with Crippen molar-refractivity contribution in [3.05, 3.63) is 138 Å². The summed E-state index contributed by atoms with van der Waals surface area (Å²) in [6, 6.07) is 36.7. The zero-order valence-electron chi connectivity index (χ0n) is 27.5. The second-order valence-electron chi connectivity index (χ2n) is 13.7. The van der Waals surface area contributed by atoms with Gasteiger partial charge in [-0.05, 0) is 6.92 Å². The molecule has 3 aromatic heterocycles. The fourth-order valence-corrected chi connectivity index (χ4v) is 15.5. The average molecular weight is 656 g/mol. The molecule has 0 spiro atoms. The number of carbonyl (C=O) groups excluding carboxylic acids is 1. The first-order valence-corrected chi connectivity index (χ1v) is 19.9. The molecule has 3 aromatic carbocycles. The number of esters is 1. The van der Waals surface area contributed by atoms with Crippen LogP contribution >= 0.6 is 6.60 Å². The molecule has 0 N–H and O–H groups in total. The number of fused-ring (bicyclic) bond motifs is 1. The van der Waals surface area contributed by atoms with E-state index in [1.807, 2.05) is 0 Å². The van der Waals surface area contributed by atoms with Crippen LogP contribution in [0.4, 0.5) is 0 Å². The Morgan fingerprint density at radius 2 is 1.42 bits per heavy atom. The summed E-state index contributed by atoms with van der Waals surface area (Å²) in [5.74, 6) is 0.755. The Balaban J connectivity index is 1.12. The van der Waals surface area contributed by atoms with E-state index in [1.165, 1.54) is 65.0 Å². The molecule has 0 radical (unpaired) electrons. The number of hydrogen-bond donors (Lipinski definition) is 0. The number of imidazole rings is 1. The number of aromatic nitrogens is 5. The predicted octanol–water partition coefficient (Wildman–Crippen LogP) is 6.51. The predicted molar refractivity (Wildman–Crippen MR) is 194 cm³/mol. The van der Waals surface area contributed by atoms with E-state index in [1.54, 1.807) is 17.8 Å². The van der Waals surface area contributed by atoms with Crippen LogP contribution in [0.5, 0.6) is 0 Å². The zero-order chi connectivity index (χ0) is 32.6. The Morgan fingerprint density at radius 3 is 1.98 bits per heavy atom. The van der Waals surface area contributed by atoms with Gasteiger partial charge >= 0.3 is 259 Å². The molecule has 7 nitrogen and oxygen atoms in total. The van der Waals surface area contributed by atoms with Crippen LogP contribution in [0.1, 0.15) is 65.8 Å². The first-order chi connectivity index (χ1) is 23.5. The van der Waals surface area contributed by atoms with Gasteiger partial charge in [0, 0.05) is 0 Å². The van der Waals surface area contributed by atoms with Crippen LogP contribution < -0.4 is 15.9 Å². The molecule has 0 amide bonds. The maximum absolute atomic E-state index is 12.1. The Bertz CT molecular complexity index is 1940. The van der Waals surface area contributed by atoms with E-state index in [-0.39, 0.29) is 5.69 Å². The molecule has 8 rings (SSSR count). The Morgan fingerprint density at radius 1 is 0.812 bits per heavy atom. The van der Waals surface area contributed by atoms with Crippen LogP contribution in [0.25, 0.3) is 5.65 Å². The van der Waals surface area contributed by atoms with E-state index in [0.717, 1.165) is 17.8 Å². The minimum atomic E-state index is -2.73. The molecule has 6 aromatic rings. The summed E-state index contributed by atoms with van der Waals surface area (Å²) >= 11 is 0. The van der Waals surface area contributed by atoms with Crippen molar-refractivity contribution in [2.75, 3.05) is 18.9 Å². The van der Waals surface area contributed by atoms with Crippen molar-refractivity contribution in [2.45, 2.75) is 51.5 Å². The van der Waals surface area contributed by atoms with Crippen molar-refractivity contribution in [3.63, 3.8) is 0 Å². The molecule has 1 aliphatic carbocycles. The quantitative estimate of drug-likeness (QED) is 0.124. The topological polar surface area (TPSA) is 74.3 Å². The molecule has 1 saturated carbocycles. The van der Waals surface area contributed by atoms with Crippen molar-refractivity contribution in [2.24, 2.45) is 5.92 Å². The van der Waals surface area contributed by atoms with Gasteiger partial charge in [0.05, 0.1) is 6.61 Å². The van der Waals surface area contributed by atoms with Crippen LogP contribution in [-0.2, 0) is 17.7 Å². The summed E-state index contributed by atoms with van der Waals surface area (Å²) in [7, 11) is 0. The molecule has 1 aliphatic heterocycles. The van der Waals surface area contributed by atoms with Crippen molar-refractivity contribution < 1.29 is 9.53 Å². The van der Waals surface area contributed by atoms with Crippen LogP contribution in [0, 0.1) is 5.92 Å². The molecule has 0 unspecified atom stereocenters. The van der Waals surface area contributed by atoms with Crippen LogP contribution in [0.2, 0.25) is 0 Å². The Kier molecular flexibility index (Phi) is 7.96. The summed E-state index contributed by atoms with van der Waals surface area (Å²) in [6.45, 7) is -0.206. The number of benzene rings is 3. The van der Waals surface area contributed by atoms with Gasteiger partial charge in [-0.1, -0.05) is 0 Å². The number of pyridine rings is 1. The van der Waals surface area contributed by atoms with Crippen molar-refractivity contribution in [1.29, 1.82) is 0 Å². The van der Waals surface area contributed by atoms with E-state index in [9.17, 15) is 4.79 Å². The molecule has 1 saturated heterocycles. The third-order valence-electron chi connectivity index (χ3n) is 10.8. The molecular weight excluding hydrogens is 613 g/mol. The number of rotatable bonds is 10. The van der Waals surface area contributed by atoms with Crippen molar-refractivity contribution in [1.82, 2.24) is 24.4 Å². The molecule has 48 heavy (non-hydrogen) atoms. The zero-order valence-corrected chi connectivity index (χ0v) is 28.4.